The van der Waals surface area contributed by atoms with Crippen LogP contribution in [0.25, 0.3) is 0 Å². The van der Waals surface area contributed by atoms with Crippen molar-refractivity contribution in [2.45, 2.75) is 51.6 Å². The molecule has 0 unspecified atom stereocenters. The molecule has 0 saturated heterocycles. The highest BCUT2D eigenvalue weighted by molar-refractivity contribution is 7.80. The van der Waals surface area contributed by atoms with Crippen LogP contribution in [0.2, 0.25) is 0 Å². The lowest BCUT2D eigenvalue weighted by Gasteiger charge is -2.19. The fourth-order valence-electron chi connectivity index (χ4n) is 2.57. The average molecular weight is 293 g/mol. The van der Waals surface area contributed by atoms with Crippen LogP contribution in [0.1, 0.15) is 51.0 Å². The van der Waals surface area contributed by atoms with Gasteiger partial charge in [-0.1, -0.05) is 25.1 Å². The van der Waals surface area contributed by atoms with E-state index in [0.717, 1.165) is 29.9 Å². The lowest BCUT2D eigenvalue weighted by atomic mass is 10.1. The summed E-state index contributed by atoms with van der Waals surface area (Å²) in [7, 11) is 0. The summed E-state index contributed by atoms with van der Waals surface area (Å²) < 4.78 is 11.8. The minimum Gasteiger partial charge on any atom is -0.490 e. The molecule has 0 aromatic heterocycles. The topological polar surface area (TPSA) is 44.5 Å². The zero-order valence-corrected chi connectivity index (χ0v) is 12.9. The van der Waals surface area contributed by atoms with Crippen molar-refractivity contribution >= 4 is 17.2 Å². The molecule has 0 bridgehead atoms. The molecule has 4 heteroatoms. The minimum atomic E-state index is 0.299. The number of rotatable bonds is 5. The Labute approximate surface area is 126 Å². The molecule has 110 valence electrons. The van der Waals surface area contributed by atoms with Crippen LogP contribution in [0.15, 0.2) is 18.2 Å². The molecule has 0 atom stereocenters. The Balaban J connectivity index is 2.14. The summed E-state index contributed by atoms with van der Waals surface area (Å²) in [4.78, 5) is 0.381. The fourth-order valence-corrected chi connectivity index (χ4v) is 2.69. The Bertz CT molecular complexity index is 454. The van der Waals surface area contributed by atoms with Crippen LogP contribution in [-0.2, 0) is 0 Å². The molecule has 0 radical (unpaired) electrons. The summed E-state index contributed by atoms with van der Waals surface area (Å²) in [6.07, 6.45) is 7.69. The van der Waals surface area contributed by atoms with Crippen molar-refractivity contribution in [2.75, 3.05) is 6.61 Å². The van der Waals surface area contributed by atoms with E-state index in [9.17, 15) is 0 Å². The lowest BCUT2D eigenvalue weighted by molar-refractivity contribution is 0.174. The van der Waals surface area contributed by atoms with Gasteiger partial charge in [0.2, 0.25) is 0 Å². The van der Waals surface area contributed by atoms with Crippen LogP contribution in [0.5, 0.6) is 11.5 Å². The molecule has 1 fully saturated rings. The molecule has 1 aliphatic rings. The zero-order chi connectivity index (χ0) is 14.4. The van der Waals surface area contributed by atoms with Crippen molar-refractivity contribution in [3.8, 4) is 11.5 Å². The third kappa shape index (κ3) is 4.10. The minimum absolute atomic E-state index is 0.299. The zero-order valence-electron chi connectivity index (χ0n) is 12.1. The summed E-state index contributed by atoms with van der Waals surface area (Å²) in [6, 6.07) is 5.69. The van der Waals surface area contributed by atoms with E-state index in [-0.39, 0.29) is 0 Å². The van der Waals surface area contributed by atoms with Crippen molar-refractivity contribution in [3.05, 3.63) is 23.8 Å². The quantitative estimate of drug-likeness (QED) is 0.662. The molecule has 0 heterocycles. The Morgan fingerprint density at radius 3 is 2.50 bits per heavy atom. The van der Waals surface area contributed by atoms with Crippen molar-refractivity contribution < 1.29 is 9.47 Å². The largest absolute Gasteiger partial charge is 0.490 e. The Morgan fingerprint density at radius 2 is 1.90 bits per heavy atom. The van der Waals surface area contributed by atoms with Gasteiger partial charge >= 0.3 is 0 Å². The number of nitrogens with two attached hydrogens (primary N) is 1. The molecule has 1 aliphatic carbocycles. The van der Waals surface area contributed by atoms with Gasteiger partial charge in [0.25, 0.3) is 0 Å². The first kappa shape index (κ1) is 15.1. The van der Waals surface area contributed by atoms with E-state index in [2.05, 4.69) is 0 Å². The van der Waals surface area contributed by atoms with Gasteiger partial charge in [-0.2, -0.15) is 0 Å². The smallest absolute Gasteiger partial charge is 0.161 e. The normalized spacial score (nSPS) is 16.4. The first-order valence-electron chi connectivity index (χ1n) is 7.44. The van der Waals surface area contributed by atoms with Crippen molar-refractivity contribution in [1.29, 1.82) is 0 Å². The second-order valence-electron chi connectivity index (χ2n) is 5.19. The molecule has 1 saturated carbocycles. The fraction of sp³-hybridized carbons (Fsp3) is 0.562. The summed E-state index contributed by atoms with van der Waals surface area (Å²) >= 11 is 5.01. The van der Waals surface area contributed by atoms with E-state index in [4.69, 9.17) is 27.4 Å². The molecule has 20 heavy (non-hydrogen) atoms. The van der Waals surface area contributed by atoms with Crippen molar-refractivity contribution in [3.63, 3.8) is 0 Å². The standard InChI is InChI=1S/C16H23NO2S/c1-2-18-15-11-12(16(17)20)9-10-14(15)19-13-7-5-3-4-6-8-13/h9-11,13H,2-8H2,1H3,(H2,17,20). The second kappa shape index (κ2) is 7.48. The average Bonchev–Trinajstić information content (AvgIpc) is 2.69. The molecule has 0 aliphatic heterocycles. The van der Waals surface area contributed by atoms with Gasteiger partial charge in [-0.3, -0.25) is 0 Å². The van der Waals surface area contributed by atoms with Gasteiger partial charge in [-0.15, -0.1) is 0 Å². The van der Waals surface area contributed by atoms with Gasteiger partial charge < -0.3 is 15.2 Å². The maximum absolute atomic E-state index is 6.14. The van der Waals surface area contributed by atoms with Crippen molar-refractivity contribution in [1.82, 2.24) is 0 Å². The summed E-state index contributed by atoms with van der Waals surface area (Å²) in [5, 5.41) is 0. The van der Waals surface area contributed by atoms with Gasteiger partial charge in [-0.05, 0) is 50.8 Å². The van der Waals surface area contributed by atoms with Crippen LogP contribution < -0.4 is 15.2 Å². The highest BCUT2D eigenvalue weighted by Crippen LogP contribution is 2.32. The number of thiocarbonyl (C=S) groups is 1. The maximum Gasteiger partial charge on any atom is 0.161 e. The van der Waals surface area contributed by atoms with Crippen LogP contribution in [0, 0.1) is 0 Å². The number of hydrogen-bond donors (Lipinski definition) is 1. The molecule has 1 aromatic rings. The highest BCUT2D eigenvalue weighted by Gasteiger charge is 2.16. The van der Waals surface area contributed by atoms with Gasteiger partial charge in [-0.25, -0.2) is 0 Å². The van der Waals surface area contributed by atoms with Crippen LogP contribution in [-0.4, -0.2) is 17.7 Å². The first-order chi connectivity index (χ1) is 9.70. The maximum atomic E-state index is 6.14. The predicted molar refractivity (Wildman–Crippen MR) is 85.6 cm³/mol. The van der Waals surface area contributed by atoms with E-state index in [1.54, 1.807) is 0 Å². The summed E-state index contributed by atoms with van der Waals surface area (Å²) in [6.45, 7) is 2.56. The number of hydrogen-bond acceptors (Lipinski definition) is 3. The van der Waals surface area contributed by atoms with Crippen LogP contribution in [0.4, 0.5) is 0 Å². The Hall–Kier alpha value is -1.29. The van der Waals surface area contributed by atoms with E-state index in [0.29, 0.717) is 17.7 Å². The third-order valence-corrected chi connectivity index (χ3v) is 3.86. The van der Waals surface area contributed by atoms with Crippen LogP contribution >= 0.6 is 12.2 Å². The number of benzene rings is 1. The SMILES string of the molecule is CCOc1cc(C(N)=S)ccc1OC1CCCCCC1. The third-order valence-electron chi connectivity index (χ3n) is 3.62. The predicted octanol–water partition coefficient (Wildman–Crippen LogP) is 3.82. The Kier molecular flexibility index (Phi) is 5.65. The van der Waals surface area contributed by atoms with Crippen LogP contribution in [0.3, 0.4) is 0 Å². The first-order valence-corrected chi connectivity index (χ1v) is 7.85. The lowest BCUT2D eigenvalue weighted by Crippen LogP contribution is -2.16. The van der Waals surface area contributed by atoms with E-state index < -0.39 is 0 Å². The van der Waals surface area contributed by atoms with E-state index in [1.165, 1.54) is 25.7 Å². The second-order valence-corrected chi connectivity index (χ2v) is 5.63. The molecule has 2 rings (SSSR count). The van der Waals surface area contributed by atoms with Gasteiger partial charge in [0.15, 0.2) is 11.5 Å². The monoisotopic (exact) mass is 293 g/mol. The summed E-state index contributed by atoms with van der Waals surface area (Å²) in [5.41, 5.74) is 6.49. The highest BCUT2D eigenvalue weighted by atomic mass is 32.1. The molecule has 3 nitrogen and oxygen atoms in total. The molecular formula is C16H23NO2S. The van der Waals surface area contributed by atoms with Gasteiger partial charge in [0.1, 0.15) is 4.99 Å². The molecule has 0 amide bonds. The van der Waals surface area contributed by atoms with Crippen molar-refractivity contribution in [2.24, 2.45) is 5.73 Å². The van der Waals surface area contributed by atoms with E-state index in [1.807, 2.05) is 25.1 Å². The molecular weight excluding hydrogens is 270 g/mol. The van der Waals surface area contributed by atoms with E-state index >= 15 is 0 Å². The molecule has 1 aromatic carbocycles. The van der Waals surface area contributed by atoms with Gasteiger partial charge in [0, 0.05) is 5.56 Å². The molecule has 0 spiro atoms. The van der Waals surface area contributed by atoms with Gasteiger partial charge in [0.05, 0.1) is 12.7 Å². The Morgan fingerprint density at radius 1 is 1.20 bits per heavy atom. The molecule has 2 N–H and O–H groups in total. The summed E-state index contributed by atoms with van der Waals surface area (Å²) in [5.74, 6) is 1.54. The number of ether oxygens (including phenoxy) is 2.